The summed E-state index contributed by atoms with van der Waals surface area (Å²) in [5.74, 6) is -0.699. The molecule has 2 aromatic rings. The van der Waals surface area contributed by atoms with Crippen LogP contribution in [0.25, 0.3) is 10.8 Å². The second-order valence-electron chi connectivity index (χ2n) is 5.36. The van der Waals surface area contributed by atoms with E-state index in [4.69, 9.17) is 0 Å². The Morgan fingerprint density at radius 3 is 2.53 bits per heavy atom. The molecule has 0 radical (unpaired) electrons. The first kappa shape index (κ1) is 13.6. The molecular formula is C17H20O2. The molecule has 0 amide bonds. The van der Waals surface area contributed by atoms with Gasteiger partial charge in [-0.05, 0) is 42.5 Å². The van der Waals surface area contributed by atoms with E-state index >= 15 is 0 Å². The molecule has 2 aromatic carbocycles. The highest BCUT2D eigenvalue weighted by atomic mass is 16.4. The molecule has 0 aliphatic heterocycles. The van der Waals surface area contributed by atoms with Crippen LogP contribution in [0.1, 0.15) is 32.3 Å². The number of carboxylic acid groups (broad SMARTS) is 1. The summed E-state index contributed by atoms with van der Waals surface area (Å²) in [7, 11) is 0. The number of carboxylic acids is 1. The Bertz CT molecular complexity index is 583. The van der Waals surface area contributed by atoms with E-state index < -0.39 is 11.4 Å². The predicted octanol–water partition coefficient (Wildman–Crippen LogP) is 4.27. The lowest BCUT2D eigenvalue weighted by molar-refractivity contribution is -0.148. The molecule has 1 N–H and O–H groups in total. The second-order valence-corrected chi connectivity index (χ2v) is 5.36. The van der Waals surface area contributed by atoms with Crippen LogP contribution in [0.2, 0.25) is 0 Å². The summed E-state index contributed by atoms with van der Waals surface area (Å²) in [5, 5.41) is 11.8. The third kappa shape index (κ3) is 2.78. The van der Waals surface area contributed by atoms with Crippen molar-refractivity contribution in [3.05, 3.63) is 48.0 Å². The van der Waals surface area contributed by atoms with Gasteiger partial charge in [-0.3, -0.25) is 4.79 Å². The topological polar surface area (TPSA) is 37.3 Å². The summed E-state index contributed by atoms with van der Waals surface area (Å²) >= 11 is 0. The third-order valence-electron chi connectivity index (χ3n) is 4.12. The Balaban J connectivity index is 2.25. The summed E-state index contributed by atoms with van der Waals surface area (Å²) in [6, 6.07) is 14.5. The number of hydrogen-bond acceptors (Lipinski definition) is 1. The van der Waals surface area contributed by atoms with Crippen LogP contribution in [0.3, 0.4) is 0 Å². The fourth-order valence-corrected chi connectivity index (χ4v) is 2.36. The van der Waals surface area contributed by atoms with E-state index in [1.807, 2.05) is 32.0 Å². The van der Waals surface area contributed by atoms with Crippen molar-refractivity contribution in [2.75, 3.05) is 0 Å². The highest BCUT2D eigenvalue weighted by Crippen LogP contribution is 2.29. The Morgan fingerprint density at radius 2 is 1.84 bits per heavy atom. The molecule has 0 saturated heterocycles. The van der Waals surface area contributed by atoms with Crippen LogP contribution in [-0.2, 0) is 11.2 Å². The van der Waals surface area contributed by atoms with E-state index in [9.17, 15) is 9.90 Å². The molecule has 0 bridgehead atoms. The number of fused-ring (bicyclic) bond motifs is 1. The average molecular weight is 256 g/mol. The van der Waals surface area contributed by atoms with Gasteiger partial charge in [-0.2, -0.15) is 0 Å². The van der Waals surface area contributed by atoms with Gasteiger partial charge in [0, 0.05) is 0 Å². The fourth-order valence-electron chi connectivity index (χ4n) is 2.36. The second kappa shape index (κ2) is 5.43. The smallest absolute Gasteiger partial charge is 0.309 e. The lowest BCUT2D eigenvalue weighted by atomic mass is 9.81. The molecular weight excluding hydrogens is 236 g/mol. The van der Waals surface area contributed by atoms with E-state index in [1.54, 1.807) is 0 Å². The Labute approximate surface area is 114 Å². The number of benzene rings is 2. The number of hydrogen-bond donors (Lipinski definition) is 1. The monoisotopic (exact) mass is 256 g/mol. The van der Waals surface area contributed by atoms with Gasteiger partial charge >= 0.3 is 5.97 Å². The molecule has 1 atom stereocenters. The summed E-state index contributed by atoms with van der Waals surface area (Å²) in [5.41, 5.74) is 0.607. The predicted molar refractivity (Wildman–Crippen MR) is 78.3 cm³/mol. The molecule has 2 heteroatoms. The molecule has 0 fully saturated rings. The van der Waals surface area contributed by atoms with Gasteiger partial charge in [-0.1, -0.05) is 49.4 Å². The van der Waals surface area contributed by atoms with Gasteiger partial charge in [0.15, 0.2) is 0 Å². The Morgan fingerprint density at radius 1 is 1.16 bits per heavy atom. The minimum atomic E-state index is -0.699. The number of aliphatic carboxylic acids is 1. The van der Waals surface area contributed by atoms with E-state index in [0.717, 1.165) is 6.42 Å². The molecule has 2 rings (SSSR count). The van der Waals surface area contributed by atoms with Gasteiger partial charge in [0.25, 0.3) is 0 Å². The molecule has 0 aliphatic carbocycles. The van der Waals surface area contributed by atoms with Crippen LogP contribution in [0, 0.1) is 5.41 Å². The van der Waals surface area contributed by atoms with E-state index in [-0.39, 0.29) is 0 Å². The maximum absolute atomic E-state index is 11.3. The van der Waals surface area contributed by atoms with Crippen LogP contribution in [-0.4, -0.2) is 11.1 Å². The molecule has 0 aromatic heterocycles. The number of rotatable bonds is 5. The van der Waals surface area contributed by atoms with Crippen molar-refractivity contribution in [3.8, 4) is 0 Å². The van der Waals surface area contributed by atoms with Crippen molar-refractivity contribution < 1.29 is 9.90 Å². The zero-order chi connectivity index (χ0) is 13.9. The lowest BCUT2D eigenvalue weighted by Crippen LogP contribution is -2.27. The van der Waals surface area contributed by atoms with Gasteiger partial charge < -0.3 is 5.11 Å². The van der Waals surface area contributed by atoms with E-state index in [1.165, 1.54) is 16.3 Å². The first-order valence-electron chi connectivity index (χ1n) is 6.77. The molecule has 19 heavy (non-hydrogen) atoms. The highest BCUT2D eigenvalue weighted by Gasteiger charge is 2.30. The maximum atomic E-state index is 11.3. The standard InChI is InChI=1S/C17H20O2/c1-3-17(2,16(18)19)12-11-14-9-6-8-13-7-4-5-10-15(13)14/h4-10H,3,11-12H2,1-2H3,(H,18,19). The van der Waals surface area contributed by atoms with Crippen molar-refractivity contribution in [1.29, 1.82) is 0 Å². The van der Waals surface area contributed by atoms with Crippen LogP contribution < -0.4 is 0 Å². The number of carbonyl (C=O) groups is 1. The molecule has 0 heterocycles. The average Bonchev–Trinajstić information content (AvgIpc) is 2.44. The third-order valence-corrected chi connectivity index (χ3v) is 4.12. The van der Waals surface area contributed by atoms with Crippen LogP contribution >= 0.6 is 0 Å². The summed E-state index contributed by atoms with van der Waals surface area (Å²) in [6.07, 6.45) is 2.14. The van der Waals surface area contributed by atoms with Gasteiger partial charge in [0.1, 0.15) is 0 Å². The van der Waals surface area contributed by atoms with Gasteiger partial charge in [0.05, 0.1) is 5.41 Å². The Hall–Kier alpha value is -1.83. The lowest BCUT2D eigenvalue weighted by Gasteiger charge is -2.23. The zero-order valence-corrected chi connectivity index (χ0v) is 11.5. The van der Waals surface area contributed by atoms with Crippen molar-refractivity contribution in [2.45, 2.75) is 33.1 Å². The van der Waals surface area contributed by atoms with E-state index in [0.29, 0.717) is 12.8 Å². The van der Waals surface area contributed by atoms with E-state index in [2.05, 4.69) is 24.3 Å². The van der Waals surface area contributed by atoms with Crippen LogP contribution in [0.4, 0.5) is 0 Å². The summed E-state index contributed by atoms with van der Waals surface area (Å²) in [4.78, 5) is 11.3. The minimum Gasteiger partial charge on any atom is -0.481 e. The van der Waals surface area contributed by atoms with Gasteiger partial charge in [-0.15, -0.1) is 0 Å². The molecule has 2 nitrogen and oxygen atoms in total. The summed E-state index contributed by atoms with van der Waals surface area (Å²) in [6.45, 7) is 3.78. The molecule has 0 spiro atoms. The van der Waals surface area contributed by atoms with Crippen molar-refractivity contribution in [2.24, 2.45) is 5.41 Å². The first-order valence-corrected chi connectivity index (χ1v) is 6.77. The van der Waals surface area contributed by atoms with Gasteiger partial charge in [-0.25, -0.2) is 0 Å². The zero-order valence-electron chi connectivity index (χ0n) is 11.5. The van der Waals surface area contributed by atoms with Crippen LogP contribution in [0.5, 0.6) is 0 Å². The highest BCUT2D eigenvalue weighted by molar-refractivity contribution is 5.85. The minimum absolute atomic E-state index is 0.628. The largest absolute Gasteiger partial charge is 0.481 e. The molecule has 100 valence electrons. The molecule has 0 saturated carbocycles. The molecule has 0 aliphatic rings. The fraction of sp³-hybridized carbons (Fsp3) is 0.353. The normalized spacial score (nSPS) is 14.2. The number of aryl methyl sites for hydroxylation is 1. The summed E-state index contributed by atoms with van der Waals surface area (Å²) < 4.78 is 0. The Kier molecular flexibility index (Phi) is 3.89. The van der Waals surface area contributed by atoms with Gasteiger partial charge in [0.2, 0.25) is 0 Å². The van der Waals surface area contributed by atoms with Crippen LogP contribution in [0.15, 0.2) is 42.5 Å². The SMILES string of the molecule is CCC(C)(CCc1cccc2ccccc12)C(=O)O. The first-order chi connectivity index (χ1) is 9.07. The quantitative estimate of drug-likeness (QED) is 0.867. The van der Waals surface area contributed by atoms with Crippen molar-refractivity contribution in [1.82, 2.24) is 0 Å². The van der Waals surface area contributed by atoms with Crippen molar-refractivity contribution in [3.63, 3.8) is 0 Å². The van der Waals surface area contributed by atoms with Crippen molar-refractivity contribution >= 4 is 16.7 Å². The molecule has 1 unspecified atom stereocenters. The maximum Gasteiger partial charge on any atom is 0.309 e.